The van der Waals surface area contributed by atoms with Crippen LogP contribution >= 0.6 is 0 Å². The third-order valence-electron chi connectivity index (χ3n) is 5.62. The average molecular weight is 457 g/mol. The number of benzene rings is 3. The first-order valence-corrected chi connectivity index (χ1v) is 10.6. The summed E-state index contributed by atoms with van der Waals surface area (Å²) in [5.41, 5.74) is 2.27. The topological polar surface area (TPSA) is 45.0 Å². The van der Waals surface area contributed by atoms with Gasteiger partial charge in [-0.1, -0.05) is 60.7 Å². The van der Waals surface area contributed by atoms with E-state index in [1.807, 2.05) is 53.6 Å². The molecule has 0 bridgehead atoms. The van der Waals surface area contributed by atoms with Gasteiger partial charge >= 0.3 is 6.18 Å². The molecule has 168 valence electrons. The molecule has 3 aromatic rings. The van der Waals surface area contributed by atoms with Crippen molar-refractivity contribution in [3.8, 4) is 11.1 Å². The number of aliphatic imine (C=N–C) groups is 2. The summed E-state index contributed by atoms with van der Waals surface area (Å²) in [7, 11) is 0. The lowest BCUT2D eigenvalue weighted by molar-refractivity contribution is -0.137. The van der Waals surface area contributed by atoms with Gasteiger partial charge in [0.2, 0.25) is 0 Å². The molecule has 0 saturated heterocycles. The fourth-order valence-electron chi connectivity index (χ4n) is 3.93. The van der Waals surface area contributed by atoms with Gasteiger partial charge in [0.1, 0.15) is 5.84 Å². The van der Waals surface area contributed by atoms with Crippen LogP contribution in [0.15, 0.2) is 107 Å². The summed E-state index contributed by atoms with van der Waals surface area (Å²) in [4.78, 5) is 24.3. The van der Waals surface area contributed by atoms with Crippen molar-refractivity contribution in [3.63, 3.8) is 0 Å². The molecule has 7 heteroatoms. The molecular formula is C27H18F3N3O. The van der Waals surface area contributed by atoms with E-state index in [1.54, 1.807) is 24.3 Å². The van der Waals surface area contributed by atoms with Crippen molar-refractivity contribution >= 4 is 17.6 Å². The molecule has 2 aliphatic rings. The second kappa shape index (κ2) is 8.59. The first-order chi connectivity index (χ1) is 16.4. The van der Waals surface area contributed by atoms with Crippen LogP contribution in [-0.4, -0.2) is 22.5 Å². The van der Waals surface area contributed by atoms with Gasteiger partial charge < -0.3 is 4.90 Å². The van der Waals surface area contributed by atoms with E-state index in [2.05, 4.69) is 9.98 Å². The van der Waals surface area contributed by atoms with Crippen LogP contribution in [-0.2, 0) is 12.7 Å². The standard InChI is InChI=1S/C27H18F3N3O/c28-27(29,30)20-14-12-18(13-15-20)21-8-3-4-10-23(21)26(34)32-25-22-9-2-1-7-19(22)17-33-16-6-5-11-24(33)31-25/h1-16H,17H2. The molecule has 4 nitrogen and oxygen atoms in total. The van der Waals surface area contributed by atoms with Gasteiger partial charge in [0.15, 0.2) is 5.84 Å². The molecule has 0 aromatic heterocycles. The quantitative estimate of drug-likeness (QED) is 0.456. The van der Waals surface area contributed by atoms with Crippen molar-refractivity contribution in [1.29, 1.82) is 0 Å². The monoisotopic (exact) mass is 457 g/mol. The minimum absolute atomic E-state index is 0.285. The molecule has 2 heterocycles. The number of hydrogen-bond donors (Lipinski definition) is 0. The Labute approximate surface area is 194 Å². The molecule has 34 heavy (non-hydrogen) atoms. The number of alkyl halides is 3. The van der Waals surface area contributed by atoms with Crippen molar-refractivity contribution in [1.82, 2.24) is 4.90 Å². The molecule has 3 aromatic carbocycles. The van der Waals surface area contributed by atoms with E-state index in [1.165, 1.54) is 12.1 Å². The Morgan fingerprint density at radius 2 is 1.59 bits per heavy atom. The molecule has 0 fully saturated rings. The second-order valence-corrected chi connectivity index (χ2v) is 7.82. The zero-order chi connectivity index (χ0) is 23.7. The second-order valence-electron chi connectivity index (χ2n) is 7.82. The van der Waals surface area contributed by atoms with Gasteiger partial charge in [0.05, 0.1) is 5.56 Å². The molecule has 0 spiro atoms. The minimum atomic E-state index is -4.43. The Kier molecular flexibility index (Phi) is 5.45. The third kappa shape index (κ3) is 4.20. The summed E-state index contributed by atoms with van der Waals surface area (Å²) in [5, 5.41) is 0. The van der Waals surface area contributed by atoms with Crippen LogP contribution in [0.3, 0.4) is 0 Å². The number of fused-ring (bicyclic) bond motifs is 2. The molecule has 0 unspecified atom stereocenters. The van der Waals surface area contributed by atoms with Gasteiger partial charge in [-0.3, -0.25) is 4.79 Å². The molecule has 0 N–H and O–H groups in total. The number of carbonyl (C=O) groups excluding carboxylic acids is 1. The zero-order valence-electron chi connectivity index (χ0n) is 17.8. The highest BCUT2D eigenvalue weighted by atomic mass is 19.4. The SMILES string of the molecule is O=C(N=C1N=C2C=CC=CN2Cc2ccccc21)c1ccccc1-c1ccc(C(F)(F)F)cc1. The highest BCUT2D eigenvalue weighted by Gasteiger charge is 2.30. The van der Waals surface area contributed by atoms with Gasteiger partial charge in [-0.15, -0.1) is 0 Å². The number of amides is 1. The Morgan fingerprint density at radius 3 is 2.35 bits per heavy atom. The van der Waals surface area contributed by atoms with Crippen LogP contribution < -0.4 is 0 Å². The summed E-state index contributed by atoms with van der Waals surface area (Å²) in [6, 6.07) is 19.1. The lowest BCUT2D eigenvalue weighted by atomic mass is 9.98. The highest BCUT2D eigenvalue weighted by molar-refractivity contribution is 6.17. The molecule has 1 amide bonds. The summed E-state index contributed by atoms with van der Waals surface area (Å²) in [6.45, 7) is 0.588. The van der Waals surface area contributed by atoms with Crippen molar-refractivity contribution in [2.75, 3.05) is 0 Å². The number of carbonyl (C=O) groups is 1. The van der Waals surface area contributed by atoms with Crippen molar-refractivity contribution < 1.29 is 18.0 Å². The van der Waals surface area contributed by atoms with Crippen molar-refractivity contribution in [2.45, 2.75) is 12.7 Å². The van der Waals surface area contributed by atoms with Gasteiger partial charge in [0, 0.05) is 23.9 Å². The van der Waals surface area contributed by atoms with Crippen LogP contribution in [0.2, 0.25) is 0 Å². The normalized spacial score (nSPS) is 16.0. The van der Waals surface area contributed by atoms with Crippen LogP contribution in [0.5, 0.6) is 0 Å². The molecule has 0 saturated carbocycles. The summed E-state index contributed by atoms with van der Waals surface area (Å²) in [5.74, 6) is 0.440. The van der Waals surface area contributed by atoms with Crippen molar-refractivity contribution in [2.24, 2.45) is 9.98 Å². The smallest absolute Gasteiger partial charge is 0.329 e. The largest absolute Gasteiger partial charge is 0.416 e. The van der Waals surface area contributed by atoms with E-state index in [4.69, 9.17) is 0 Å². The summed E-state index contributed by atoms with van der Waals surface area (Å²) in [6.07, 6.45) is 3.12. The van der Waals surface area contributed by atoms with E-state index in [0.29, 0.717) is 29.3 Å². The van der Waals surface area contributed by atoms with Gasteiger partial charge in [-0.25, -0.2) is 4.99 Å². The zero-order valence-corrected chi connectivity index (χ0v) is 17.8. The van der Waals surface area contributed by atoms with Crippen LogP contribution in [0.25, 0.3) is 11.1 Å². The minimum Gasteiger partial charge on any atom is -0.329 e. The summed E-state index contributed by atoms with van der Waals surface area (Å²) < 4.78 is 38.9. The van der Waals surface area contributed by atoms with E-state index in [9.17, 15) is 18.0 Å². The van der Waals surface area contributed by atoms with E-state index in [-0.39, 0.29) is 5.56 Å². The molecule has 2 aliphatic heterocycles. The maximum Gasteiger partial charge on any atom is 0.416 e. The van der Waals surface area contributed by atoms with E-state index in [0.717, 1.165) is 23.3 Å². The average Bonchev–Trinajstić information content (AvgIpc) is 3.00. The Bertz CT molecular complexity index is 1380. The number of amidine groups is 2. The van der Waals surface area contributed by atoms with Crippen LogP contribution in [0.1, 0.15) is 27.0 Å². The predicted octanol–water partition coefficient (Wildman–Crippen LogP) is 6.26. The van der Waals surface area contributed by atoms with E-state index < -0.39 is 17.6 Å². The van der Waals surface area contributed by atoms with Gasteiger partial charge in [-0.05, 0) is 47.0 Å². The fraction of sp³-hybridized carbons (Fsp3) is 0.0741. The Balaban J connectivity index is 1.57. The number of allylic oxidation sites excluding steroid dienone is 2. The van der Waals surface area contributed by atoms with Gasteiger partial charge in [0.25, 0.3) is 5.91 Å². The first-order valence-electron chi connectivity index (χ1n) is 10.6. The number of halogens is 3. The molecular weight excluding hydrogens is 439 g/mol. The number of rotatable bonds is 2. The lowest BCUT2D eigenvalue weighted by Crippen LogP contribution is -2.24. The third-order valence-corrected chi connectivity index (χ3v) is 5.62. The highest BCUT2D eigenvalue weighted by Crippen LogP contribution is 2.32. The lowest BCUT2D eigenvalue weighted by Gasteiger charge is -2.20. The summed E-state index contributed by atoms with van der Waals surface area (Å²) >= 11 is 0. The Hall–Kier alpha value is -4.26. The maximum atomic E-state index is 13.3. The first kappa shape index (κ1) is 21.6. The molecule has 0 radical (unpaired) electrons. The van der Waals surface area contributed by atoms with E-state index >= 15 is 0 Å². The van der Waals surface area contributed by atoms with Crippen molar-refractivity contribution in [3.05, 3.63) is 119 Å². The number of hydrogen-bond acceptors (Lipinski definition) is 2. The predicted molar refractivity (Wildman–Crippen MR) is 125 cm³/mol. The van der Waals surface area contributed by atoms with Crippen LogP contribution in [0, 0.1) is 0 Å². The maximum absolute atomic E-state index is 13.3. The Morgan fingerprint density at radius 1 is 0.882 bits per heavy atom. The molecule has 0 aliphatic carbocycles. The van der Waals surface area contributed by atoms with Crippen LogP contribution in [0.4, 0.5) is 13.2 Å². The number of nitrogens with zero attached hydrogens (tertiary/aromatic N) is 3. The fourth-order valence-corrected chi connectivity index (χ4v) is 3.93. The van der Waals surface area contributed by atoms with Gasteiger partial charge in [-0.2, -0.15) is 18.2 Å². The molecule has 0 atom stereocenters. The molecule has 5 rings (SSSR count).